The summed E-state index contributed by atoms with van der Waals surface area (Å²) in [6.45, 7) is 0.489. The van der Waals surface area contributed by atoms with E-state index in [0.29, 0.717) is 30.3 Å². The highest BCUT2D eigenvalue weighted by Crippen LogP contribution is 2.47. The Kier molecular flexibility index (Phi) is 6.38. The smallest absolute Gasteiger partial charge is 0.323 e. The van der Waals surface area contributed by atoms with Crippen LogP contribution in [0.1, 0.15) is 37.2 Å². The van der Waals surface area contributed by atoms with Gasteiger partial charge in [-0.25, -0.2) is 9.18 Å². The molecule has 3 amide bonds. The Balaban J connectivity index is 1.26. The molecule has 4 atom stereocenters. The Morgan fingerprint density at radius 1 is 1.12 bits per heavy atom. The van der Waals surface area contributed by atoms with E-state index in [2.05, 4.69) is 16.0 Å². The second-order valence-corrected chi connectivity index (χ2v) is 9.17. The molecule has 0 spiro atoms. The molecule has 2 aromatic carbocycles. The van der Waals surface area contributed by atoms with Crippen molar-refractivity contribution in [3.63, 3.8) is 0 Å². The van der Waals surface area contributed by atoms with E-state index in [1.165, 1.54) is 25.0 Å². The Bertz CT molecular complexity index is 1080. The molecule has 4 N–H and O–H groups in total. The number of hydrogen-bond acceptors (Lipinski definition) is 5. The number of carbonyl (C=O) groups is 2. The van der Waals surface area contributed by atoms with E-state index in [0.717, 1.165) is 5.56 Å². The number of para-hydroxylation sites is 1. The van der Waals surface area contributed by atoms with Crippen molar-refractivity contribution in [1.29, 1.82) is 0 Å². The number of aliphatic hydroxyl groups is 1. The van der Waals surface area contributed by atoms with E-state index in [1.54, 1.807) is 24.3 Å². The number of halogens is 1. The topological polar surface area (TPSA) is 109 Å². The van der Waals surface area contributed by atoms with Crippen molar-refractivity contribution in [3.05, 3.63) is 53.8 Å². The van der Waals surface area contributed by atoms with Gasteiger partial charge in [0, 0.05) is 23.7 Å². The summed E-state index contributed by atoms with van der Waals surface area (Å²) in [6.07, 6.45) is 1.87. The van der Waals surface area contributed by atoms with E-state index < -0.39 is 18.0 Å². The van der Waals surface area contributed by atoms with Crippen LogP contribution in [-0.2, 0) is 9.53 Å². The fourth-order valence-electron chi connectivity index (χ4n) is 4.67. The highest BCUT2D eigenvalue weighted by molar-refractivity contribution is 5.99. The normalized spacial score (nSPS) is 25.0. The zero-order chi connectivity index (χ0) is 23.7. The fourth-order valence-corrected chi connectivity index (χ4v) is 4.67. The van der Waals surface area contributed by atoms with Crippen molar-refractivity contribution >= 4 is 23.3 Å². The zero-order valence-electron chi connectivity index (χ0n) is 18.6. The fraction of sp³-hybridized carbons (Fsp3) is 0.440. The third-order valence-electron chi connectivity index (χ3n) is 6.58. The van der Waals surface area contributed by atoms with Crippen LogP contribution in [0, 0.1) is 11.7 Å². The second-order valence-electron chi connectivity index (χ2n) is 9.17. The average molecular weight is 470 g/mol. The number of rotatable bonds is 7. The lowest BCUT2D eigenvalue weighted by Crippen LogP contribution is -2.47. The number of aliphatic hydroxyl groups excluding tert-OH is 1. The van der Waals surface area contributed by atoms with Gasteiger partial charge in [-0.05, 0) is 55.5 Å². The van der Waals surface area contributed by atoms with E-state index in [1.807, 2.05) is 6.07 Å². The van der Waals surface area contributed by atoms with Crippen LogP contribution in [0.2, 0.25) is 0 Å². The van der Waals surface area contributed by atoms with Crippen LogP contribution in [0.4, 0.5) is 20.6 Å². The van der Waals surface area contributed by atoms with Crippen molar-refractivity contribution in [2.45, 2.75) is 49.9 Å². The molecule has 2 aliphatic heterocycles. The maximum atomic E-state index is 13.8. The molecule has 9 heteroatoms. The van der Waals surface area contributed by atoms with Crippen LogP contribution in [0.15, 0.2) is 42.5 Å². The van der Waals surface area contributed by atoms with Gasteiger partial charge in [0.1, 0.15) is 23.8 Å². The molecule has 5 rings (SSSR count). The van der Waals surface area contributed by atoms with Crippen LogP contribution in [0.3, 0.4) is 0 Å². The predicted molar refractivity (Wildman–Crippen MR) is 123 cm³/mol. The van der Waals surface area contributed by atoms with Gasteiger partial charge < -0.3 is 30.5 Å². The summed E-state index contributed by atoms with van der Waals surface area (Å²) in [5.41, 5.74) is 1.50. The van der Waals surface area contributed by atoms with Crippen LogP contribution in [0.25, 0.3) is 0 Å². The summed E-state index contributed by atoms with van der Waals surface area (Å²) in [6, 6.07) is 10.7. The molecular weight excluding hydrogens is 441 g/mol. The minimum absolute atomic E-state index is 0.0496. The van der Waals surface area contributed by atoms with Crippen molar-refractivity contribution in [1.82, 2.24) is 5.32 Å². The first-order chi connectivity index (χ1) is 16.5. The molecule has 8 nitrogen and oxygen atoms in total. The van der Waals surface area contributed by atoms with Gasteiger partial charge in [0.25, 0.3) is 0 Å². The number of urea groups is 1. The van der Waals surface area contributed by atoms with Crippen molar-refractivity contribution < 1.29 is 28.6 Å². The maximum Gasteiger partial charge on any atom is 0.323 e. The molecule has 34 heavy (non-hydrogen) atoms. The predicted octanol–water partition coefficient (Wildman–Crippen LogP) is 3.38. The van der Waals surface area contributed by atoms with Gasteiger partial charge in [-0.2, -0.15) is 0 Å². The van der Waals surface area contributed by atoms with E-state index in [-0.39, 0.29) is 42.7 Å². The Morgan fingerprint density at radius 3 is 2.71 bits per heavy atom. The minimum atomic E-state index is -0.564. The third-order valence-corrected chi connectivity index (χ3v) is 6.58. The average Bonchev–Trinajstić information content (AvgIpc) is 3.59. The summed E-state index contributed by atoms with van der Waals surface area (Å²) >= 11 is 0. The van der Waals surface area contributed by atoms with Crippen LogP contribution < -0.4 is 20.7 Å². The Labute approximate surface area is 196 Å². The molecule has 2 fully saturated rings. The van der Waals surface area contributed by atoms with Gasteiger partial charge >= 0.3 is 6.03 Å². The Morgan fingerprint density at radius 2 is 1.94 bits per heavy atom. The van der Waals surface area contributed by atoms with Crippen LogP contribution >= 0.6 is 0 Å². The number of hydrogen-bond donors (Lipinski definition) is 4. The van der Waals surface area contributed by atoms with Gasteiger partial charge in [-0.15, -0.1) is 0 Å². The molecule has 0 unspecified atom stereocenters. The molecule has 1 saturated heterocycles. The van der Waals surface area contributed by atoms with Crippen molar-refractivity contribution in [3.8, 4) is 5.75 Å². The van der Waals surface area contributed by atoms with Gasteiger partial charge in [0.05, 0.1) is 24.8 Å². The number of carbonyl (C=O) groups excluding carboxylic acids is 2. The summed E-state index contributed by atoms with van der Waals surface area (Å²) in [5, 5.41) is 18.1. The Hall–Kier alpha value is -3.17. The third kappa shape index (κ3) is 5.00. The van der Waals surface area contributed by atoms with E-state index >= 15 is 0 Å². The molecule has 180 valence electrons. The van der Waals surface area contributed by atoms with Crippen molar-refractivity contribution in [2.24, 2.45) is 5.92 Å². The standard InChI is InChI=1S/C25H28FN3O5/c26-19-3-1-2-4-20(19)29-25(32)28-15-7-8-21-17(9-15)18-10-16(33-22(13-30)24(18)34-21)11-23(31)27-12-14-5-6-14/h1-4,7-9,14,16,18,22,24,30H,5-6,10-13H2,(H,27,31)(H2,28,29,32)/t16-,18-,22-,24+/m0/s1. The second kappa shape index (κ2) is 9.60. The van der Waals surface area contributed by atoms with Gasteiger partial charge in [-0.1, -0.05) is 12.1 Å². The highest BCUT2D eigenvalue weighted by Gasteiger charge is 2.46. The largest absolute Gasteiger partial charge is 0.487 e. The van der Waals surface area contributed by atoms with E-state index in [9.17, 15) is 19.1 Å². The number of anilines is 2. The van der Waals surface area contributed by atoms with Gasteiger partial charge in [0.15, 0.2) is 0 Å². The summed E-state index contributed by atoms with van der Waals surface area (Å²) in [4.78, 5) is 24.7. The highest BCUT2D eigenvalue weighted by atomic mass is 19.1. The summed E-state index contributed by atoms with van der Waals surface area (Å²) < 4.78 is 25.9. The first-order valence-corrected chi connectivity index (χ1v) is 11.7. The number of fused-ring (bicyclic) bond motifs is 3. The lowest BCUT2D eigenvalue weighted by Gasteiger charge is -2.37. The first-order valence-electron chi connectivity index (χ1n) is 11.7. The molecular formula is C25H28FN3O5. The molecule has 2 heterocycles. The molecule has 0 radical (unpaired) electrons. The maximum absolute atomic E-state index is 13.8. The van der Waals surface area contributed by atoms with E-state index in [4.69, 9.17) is 9.47 Å². The van der Waals surface area contributed by atoms with Gasteiger partial charge in [-0.3, -0.25) is 4.79 Å². The molecule has 3 aliphatic rings. The number of ether oxygens (including phenoxy) is 2. The van der Waals surface area contributed by atoms with Crippen LogP contribution in [-0.4, -0.2) is 48.5 Å². The number of benzene rings is 2. The lowest BCUT2D eigenvalue weighted by molar-refractivity contribution is -0.142. The number of amides is 3. The monoisotopic (exact) mass is 469 g/mol. The number of nitrogens with one attached hydrogen (secondary N) is 3. The molecule has 0 aromatic heterocycles. The summed E-state index contributed by atoms with van der Waals surface area (Å²) in [5.74, 6) is 0.607. The minimum Gasteiger partial charge on any atom is -0.487 e. The molecule has 0 bridgehead atoms. The quantitative estimate of drug-likeness (QED) is 0.497. The molecule has 1 aliphatic carbocycles. The summed E-state index contributed by atoms with van der Waals surface area (Å²) in [7, 11) is 0. The van der Waals surface area contributed by atoms with Crippen molar-refractivity contribution in [2.75, 3.05) is 23.8 Å². The first kappa shape index (κ1) is 22.6. The van der Waals surface area contributed by atoms with Gasteiger partial charge in [0.2, 0.25) is 5.91 Å². The SMILES string of the molecule is O=C(C[C@@H]1C[C@H]2c3cc(NC(=O)Nc4ccccc4F)ccc3O[C@H]2[C@H](CO)O1)NCC1CC1. The molecule has 1 saturated carbocycles. The zero-order valence-corrected chi connectivity index (χ0v) is 18.6. The molecule has 2 aromatic rings. The lowest BCUT2D eigenvalue weighted by atomic mass is 9.84. The van der Waals surface area contributed by atoms with Crippen LogP contribution in [0.5, 0.6) is 5.75 Å².